The van der Waals surface area contributed by atoms with E-state index in [1.165, 1.54) is 218 Å². The predicted octanol–water partition coefficient (Wildman–Crippen LogP) is 23.7. The van der Waals surface area contributed by atoms with E-state index in [0.29, 0.717) is 19.3 Å². The Bertz CT molecular complexity index is 1450. The maximum absolute atomic E-state index is 12.9. The molecule has 79 heavy (non-hydrogen) atoms. The molecule has 1 atom stereocenters. The van der Waals surface area contributed by atoms with Crippen molar-refractivity contribution in [2.45, 2.75) is 361 Å². The number of carbonyl (C=O) groups is 3. The highest BCUT2D eigenvalue weighted by Crippen LogP contribution is 2.18. The van der Waals surface area contributed by atoms with Crippen molar-refractivity contribution in [1.82, 2.24) is 0 Å². The van der Waals surface area contributed by atoms with Crippen molar-refractivity contribution in [3.8, 4) is 0 Å². The molecule has 0 aliphatic carbocycles. The van der Waals surface area contributed by atoms with Gasteiger partial charge in [0, 0.05) is 19.3 Å². The van der Waals surface area contributed by atoms with E-state index < -0.39 is 6.10 Å². The van der Waals surface area contributed by atoms with E-state index in [1.807, 2.05) is 0 Å². The minimum atomic E-state index is -0.779. The summed E-state index contributed by atoms with van der Waals surface area (Å²) in [6.45, 7) is 6.57. The molecule has 6 heteroatoms. The van der Waals surface area contributed by atoms with Crippen LogP contribution in [0.4, 0.5) is 0 Å². The van der Waals surface area contributed by atoms with Crippen molar-refractivity contribution < 1.29 is 28.6 Å². The zero-order chi connectivity index (χ0) is 57.1. The summed E-state index contributed by atoms with van der Waals surface area (Å²) in [5.74, 6) is -0.864. The second-order valence-corrected chi connectivity index (χ2v) is 23.1. The third-order valence-electron chi connectivity index (χ3n) is 15.2. The number of rotatable bonds is 63. The standard InChI is InChI=1S/C73H130O6/c1-4-7-10-13-16-19-22-25-28-31-33-34-35-36-37-38-39-40-41-43-45-48-51-54-57-60-63-66-72(75)78-69-70(68-77-71(74)65-62-59-56-53-50-47-44-30-27-24-21-18-15-12-9-6-3)79-73(76)67-64-61-58-55-52-49-46-42-32-29-26-23-20-17-14-11-8-5-2/h7,10,16,19,25,28,30,33-34,36-37,44,70H,4-6,8-9,11-15,17-18,20-24,26-27,29,31-32,35,38-43,45-69H2,1-3H3/b10-7-,19-16-,28-25-,34-33-,37-36-,44-30-. The van der Waals surface area contributed by atoms with Crippen molar-refractivity contribution in [2.24, 2.45) is 0 Å². The first-order chi connectivity index (χ1) is 39.0. The number of esters is 3. The van der Waals surface area contributed by atoms with Crippen LogP contribution in [0.15, 0.2) is 72.9 Å². The fraction of sp³-hybridized carbons (Fsp3) is 0.795. The molecule has 0 aliphatic heterocycles. The van der Waals surface area contributed by atoms with Crippen LogP contribution >= 0.6 is 0 Å². The molecular formula is C73H130O6. The summed E-state index contributed by atoms with van der Waals surface area (Å²) in [7, 11) is 0. The van der Waals surface area contributed by atoms with Crippen LogP contribution in [-0.2, 0) is 28.6 Å². The molecule has 0 heterocycles. The van der Waals surface area contributed by atoms with Gasteiger partial charge in [-0.05, 0) is 89.9 Å². The minimum absolute atomic E-state index is 0.0755. The predicted molar refractivity (Wildman–Crippen MR) is 344 cm³/mol. The second kappa shape index (κ2) is 67.4. The Hall–Kier alpha value is -3.15. The van der Waals surface area contributed by atoms with Gasteiger partial charge in [0.1, 0.15) is 13.2 Å². The van der Waals surface area contributed by atoms with Crippen LogP contribution in [0.2, 0.25) is 0 Å². The number of hydrogen-bond donors (Lipinski definition) is 0. The van der Waals surface area contributed by atoms with Gasteiger partial charge >= 0.3 is 17.9 Å². The molecular weight excluding hydrogens is 973 g/mol. The van der Waals surface area contributed by atoms with E-state index in [0.717, 1.165) is 96.3 Å². The highest BCUT2D eigenvalue weighted by molar-refractivity contribution is 5.71. The lowest BCUT2D eigenvalue weighted by Crippen LogP contribution is -2.30. The molecule has 0 bridgehead atoms. The Labute approximate surface area is 491 Å². The summed E-state index contributed by atoms with van der Waals surface area (Å²) >= 11 is 0. The Kier molecular flexibility index (Phi) is 64.7. The average molecular weight is 1100 g/mol. The van der Waals surface area contributed by atoms with Crippen molar-refractivity contribution >= 4 is 17.9 Å². The van der Waals surface area contributed by atoms with E-state index in [2.05, 4.69) is 93.7 Å². The number of hydrogen-bond acceptors (Lipinski definition) is 6. The molecule has 0 saturated carbocycles. The van der Waals surface area contributed by atoms with Crippen LogP contribution in [0, 0.1) is 0 Å². The number of carbonyl (C=O) groups excluding carboxylic acids is 3. The quantitative estimate of drug-likeness (QED) is 0.0261. The Morgan fingerprint density at radius 3 is 0.785 bits per heavy atom. The first-order valence-electron chi connectivity index (χ1n) is 34.4. The first kappa shape index (κ1) is 75.8. The summed E-state index contributed by atoms with van der Waals surface area (Å²) in [6.07, 6.45) is 87.7. The van der Waals surface area contributed by atoms with E-state index >= 15 is 0 Å². The smallest absolute Gasteiger partial charge is 0.306 e. The second-order valence-electron chi connectivity index (χ2n) is 23.1. The molecule has 0 rings (SSSR count). The molecule has 0 aromatic carbocycles. The van der Waals surface area contributed by atoms with Gasteiger partial charge in [-0.15, -0.1) is 0 Å². The van der Waals surface area contributed by atoms with Crippen molar-refractivity contribution in [3.63, 3.8) is 0 Å². The molecule has 458 valence electrons. The first-order valence-corrected chi connectivity index (χ1v) is 34.4. The SMILES string of the molecule is CC/C=C\C/C=C\C/C=C\C/C=C\C/C=C\CCCCCCCCCCCCCC(=O)OCC(COC(=O)CCCCCCC/C=C\CCCCCCCCC)OC(=O)CCCCCCCCCCCCCCCCCCCC. The van der Waals surface area contributed by atoms with E-state index in [4.69, 9.17) is 14.2 Å². The van der Waals surface area contributed by atoms with Gasteiger partial charge in [0.05, 0.1) is 0 Å². The summed E-state index contributed by atoms with van der Waals surface area (Å²) in [5.41, 5.74) is 0. The Balaban J connectivity index is 4.31. The molecule has 0 aliphatic rings. The molecule has 6 nitrogen and oxygen atoms in total. The summed E-state index contributed by atoms with van der Waals surface area (Å²) < 4.78 is 17.0. The van der Waals surface area contributed by atoms with Gasteiger partial charge in [-0.1, -0.05) is 318 Å². The van der Waals surface area contributed by atoms with Crippen LogP contribution in [0.3, 0.4) is 0 Å². The zero-order valence-corrected chi connectivity index (χ0v) is 52.6. The molecule has 0 radical (unpaired) electrons. The van der Waals surface area contributed by atoms with E-state index in [1.54, 1.807) is 0 Å². The molecule has 0 aromatic heterocycles. The molecule has 0 saturated heterocycles. The van der Waals surface area contributed by atoms with Gasteiger partial charge in [0.2, 0.25) is 0 Å². The third-order valence-corrected chi connectivity index (χ3v) is 15.2. The number of allylic oxidation sites excluding steroid dienone is 12. The number of unbranched alkanes of at least 4 members (excludes halogenated alkanes) is 40. The minimum Gasteiger partial charge on any atom is -0.462 e. The van der Waals surface area contributed by atoms with E-state index in [-0.39, 0.29) is 31.1 Å². The zero-order valence-electron chi connectivity index (χ0n) is 52.6. The molecule has 0 spiro atoms. The van der Waals surface area contributed by atoms with Crippen LogP contribution < -0.4 is 0 Å². The van der Waals surface area contributed by atoms with Gasteiger partial charge in [0.15, 0.2) is 6.10 Å². The van der Waals surface area contributed by atoms with Gasteiger partial charge in [-0.3, -0.25) is 14.4 Å². The Morgan fingerprint density at radius 1 is 0.266 bits per heavy atom. The van der Waals surface area contributed by atoms with Crippen LogP contribution in [0.1, 0.15) is 355 Å². The summed E-state index contributed by atoms with van der Waals surface area (Å²) in [6, 6.07) is 0. The lowest BCUT2D eigenvalue weighted by Gasteiger charge is -2.18. The van der Waals surface area contributed by atoms with Crippen molar-refractivity contribution in [2.75, 3.05) is 13.2 Å². The molecule has 0 N–H and O–H groups in total. The highest BCUT2D eigenvalue weighted by atomic mass is 16.6. The maximum Gasteiger partial charge on any atom is 0.306 e. The van der Waals surface area contributed by atoms with Gasteiger partial charge in [0.25, 0.3) is 0 Å². The molecule has 1 unspecified atom stereocenters. The topological polar surface area (TPSA) is 78.9 Å². The van der Waals surface area contributed by atoms with Crippen molar-refractivity contribution in [1.29, 1.82) is 0 Å². The fourth-order valence-corrected chi connectivity index (χ4v) is 10.1. The normalized spacial score (nSPS) is 12.5. The highest BCUT2D eigenvalue weighted by Gasteiger charge is 2.19. The third kappa shape index (κ3) is 65.5. The largest absolute Gasteiger partial charge is 0.462 e. The van der Waals surface area contributed by atoms with Crippen LogP contribution in [0.5, 0.6) is 0 Å². The molecule has 0 aromatic rings. The monoisotopic (exact) mass is 1100 g/mol. The lowest BCUT2D eigenvalue weighted by molar-refractivity contribution is -0.167. The summed E-state index contributed by atoms with van der Waals surface area (Å²) in [4.78, 5) is 38.4. The van der Waals surface area contributed by atoms with Crippen molar-refractivity contribution in [3.05, 3.63) is 72.9 Å². The van der Waals surface area contributed by atoms with E-state index in [9.17, 15) is 14.4 Å². The van der Waals surface area contributed by atoms with Crippen LogP contribution in [0.25, 0.3) is 0 Å². The fourth-order valence-electron chi connectivity index (χ4n) is 10.1. The average Bonchev–Trinajstić information content (AvgIpc) is 3.45. The lowest BCUT2D eigenvalue weighted by atomic mass is 10.0. The van der Waals surface area contributed by atoms with Gasteiger partial charge < -0.3 is 14.2 Å². The molecule has 0 amide bonds. The maximum atomic E-state index is 12.9. The number of ether oxygens (including phenoxy) is 3. The summed E-state index contributed by atoms with van der Waals surface area (Å²) in [5, 5.41) is 0. The Morgan fingerprint density at radius 2 is 0.494 bits per heavy atom. The van der Waals surface area contributed by atoms with Gasteiger partial charge in [-0.2, -0.15) is 0 Å². The van der Waals surface area contributed by atoms with Gasteiger partial charge in [-0.25, -0.2) is 0 Å². The van der Waals surface area contributed by atoms with Crippen LogP contribution in [-0.4, -0.2) is 37.2 Å². The molecule has 0 fully saturated rings.